The van der Waals surface area contributed by atoms with Crippen LogP contribution in [-0.4, -0.2) is 4.98 Å². The van der Waals surface area contributed by atoms with Gasteiger partial charge in [0.2, 0.25) is 0 Å². The van der Waals surface area contributed by atoms with Gasteiger partial charge >= 0.3 is 0 Å². The summed E-state index contributed by atoms with van der Waals surface area (Å²) < 4.78 is 13.5. The van der Waals surface area contributed by atoms with E-state index in [2.05, 4.69) is 21.7 Å². The summed E-state index contributed by atoms with van der Waals surface area (Å²) in [6.45, 7) is 0.615. The lowest BCUT2D eigenvalue weighted by Gasteiger charge is -2.15. The van der Waals surface area contributed by atoms with Crippen LogP contribution in [0.3, 0.4) is 0 Å². The highest BCUT2D eigenvalue weighted by atomic mass is 35.5. The quantitative estimate of drug-likeness (QED) is 0.356. The van der Waals surface area contributed by atoms with Crippen LogP contribution in [0.25, 0.3) is 10.9 Å². The molecule has 0 saturated heterocycles. The summed E-state index contributed by atoms with van der Waals surface area (Å²) in [7, 11) is 0. The van der Waals surface area contributed by atoms with Gasteiger partial charge in [-0.25, -0.2) is 4.39 Å². The van der Waals surface area contributed by atoms with Gasteiger partial charge < -0.3 is 10.6 Å². The predicted octanol–water partition coefficient (Wildman–Crippen LogP) is 6.91. The molecule has 0 aliphatic heterocycles. The number of nitriles is 1. The van der Waals surface area contributed by atoms with Gasteiger partial charge in [-0.2, -0.15) is 5.26 Å². The molecule has 0 spiro atoms. The Kier molecular flexibility index (Phi) is 5.71. The SMILES string of the molecule is N#Cc1cnc2c(Cl)cc(NCc3ccccc3)cc2c1Nc1ccc(F)c(Cl)c1. The van der Waals surface area contributed by atoms with Crippen molar-refractivity contribution in [1.29, 1.82) is 5.26 Å². The lowest BCUT2D eigenvalue weighted by atomic mass is 10.1. The Hall–Kier alpha value is -3.33. The second-order valence-corrected chi connectivity index (χ2v) is 7.42. The fourth-order valence-corrected chi connectivity index (χ4v) is 3.55. The first-order valence-corrected chi connectivity index (χ1v) is 9.83. The minimum absolute atomic E-state index is 0.0138. The third-order valence-corrected chi connectivity index (χ3v) is 5.15. The molecule has 0 saturated carbocycles. The molecule has 4 aromatic rings. The number of pyridine rings is 1. The van der Waals surface area contributed by atoms with E-state index in [0.29, 0.717) is 39.4 Å². The Balaban J connectivity index is 1.76. The number of fused-ring (bicyclic) bond motifs is 1. The van der Waals surface area contributed by atoms with Gasteiger partial charge in [-0.1, -0.05) is 53.5 Å². The summed E-state index contributed by atoms with van der Waals surface area (Å²) in [6.07, 6.45) is 1.46. The molecule has 2 N–H and O–H groups in total. The van der Waals surface area contributed by atoms with E-state index in [1.165, 1.54) is 18.3 Å². The molecular formula is C23H15Cl2FN4. The first kappa shape index (κ1) is 20.0. The molecule has 0 radical (unpaired) electrons. The molecular weight excluding hydrogens is 422 g/mol. The number of aromatic nitrogens is 1. The van der Waals surface area contributed by atoms with Crippen molar-refractivity contribution >= 4 is 51.2 Å². The van der Waals surface area contributed by atoms with Crippen LogP contribution in [0.4, 0.5) is 21.5 Å². The molecule has 30 heavy (non-hydrogen) atoms. The lowest BCUT2D eigenvalue weighted by Crippen LogP contribution is -2.01. The standard InChI is InChI=1S/C23H15Cl2FN4/c24-19-9-16(6-7-21(19)26)30-22-15(11-27)13-29-23-18(22)8-17(10-20(23)25)28-12-14-4-2-1-3-5-14/h1-10,13,28H,12H2,(H,29,30). The number of rotatable bonds is 5. The molecule has 0 aliphatic rings. The van der Waals surface area contributed by atoms with E-state index >= 15 is 0 Å². The number of nitrogens with one attached hydrogen (secondary N) is 2. The van der Waals surface area contributed by atoms with Gasteiger partial charge in [-0.15, -0.1) is 0 Å². The molecule has 1 heterocycles. The number of halogens is 3. The minimum atomic E-state index is -0.516. The van der Waals surface area contributed by atoms with Crippen LogP contribution >= 0.6 is 23.2 Å². The average molecular weight is 437 g/mol. The normalized spacial score (nSPS) is 10.6. The molecule has 0 unspecified atom stereocenters. The first-order valence-electron chi connectivity index (χ1n) is 9.07. The smallest absolute Gasteiger partial charge is 0.141 e. The topological polar surface area (TPSA) is 60.7 Å². The largest absolute Gasteiger partial charge is 0.381 e. The number of benzene rings is 3. The Morgan fingerprint density at radius 2 is 1.73 bits per heavy atom. The van der Waals surface area contributed by atoms with Gasteiger partial charge in [-0.3, -0.25) is 4.98 Å². The summed E-state index contributed by atoms with van der Waals surface area (Å²) in [6, 6.07) is 20.0. The van der Waals surface area contributed by atoms with E-state index in [0.717, 1.165) is 11.3 Å². The van der Waals surface area contributed by atoms with Gasteiger partial charge in [0.15, 0.2) is 0 Å². The minimum Gasteiger partial charge on any atom is -0.381 e. The Morgan fingerprint density at radius 1 is 0.967 bits per heavy atom. The molecule has 0 fully saturated rings. The number of nitrogens with zero attached hydrogens (tertiary/aromatic N) is 2. The van der Waals surface area contributed by atoms with E-state index in [4.69, 9.17) is 23.2 Å². The van der Waals surface area contributed by atoms with Crippen LogP contribution in [0.5, 0.6) is 0 Å². The van der Waals surface area contributed by atoms with E-state index in [-0.39, 0.29) is 5.02 Å². The van der Waals surface area contributed by atoms with E-state index in [9.17, 15) is 9.65 Å². The number of anilines is 3. The Labute approximate surface area is 182 Å². The Bertz CT molecular complexity index is 1270. The highest BCUT2D eigenvalue weighted by Gasteiger charge is 2.14. The molecule has 4 rings (SSSR count). The van der Waals surface area contributed by atoms with Crippen molar-refractivity contribution in [2.45, 2.75) is 6.54 Å². The predicted molar refractivity (Wildman–Crippen MR) is 120 cm³/mol. The molecule has 0 amide bonds. The molecule has 148 valence electrons. The molecule has 0 bridgehead atoms. The van der Waals surface area contributed by atoms with E-state index in [1.54, 1.807) is 12.1 Å². The van der Waals surface area contributed by atoms with Crippen LogP contribution in [0.1, 0.15) is 11.1 Å². The fraction of sp³-hybridized carbons (Fsp3) is 0.0435. The zero-order valence-electron chi connectivity index (χ0n) is 15.6. The van der Waals surface area contributed by atoms with Gasteiger partial charge in [0.1, 0.15) is 11.9 Å². The second-order valence-electron chi connectivity index (χ2n) is 6.61. The monoisotopic (exact) mass is 436 g/mol. The van der Waals surface area contributed by atoms with Crippen molar-refractivity contribution in [2.75, 3.05) is 10.6 Å². The van der Waals surface area contributed by atoms with Gasteiger partial charge in [0, 0.05) is 29.5 Å². The summed E-state index contributed by atoms with van der Waals surface area (Å²) in [5.41, 5.74) is 3.86. The molecule has 0 atom stereocenters. The van der Waals surface area contributed by atoms with E-state index in [1.807, 2.05) is 36.4 Å². The highest BCUT2D eigenvalue weighted by molar-refractivity contribution is 6.36. The van der Waals surface area contributed by atoms with Gasteiger partial charge in [0.25, 0.3) is 0 Å². The molecule has 1 aromatic heterocycles. The van der Waals surface area contributed by atoms with Crippen molar-refractivity contribution in [3.63, 3.8) is 0 Å². The van der Waals surface area contributed by atoms with E-state index < -0.39 is 5.82 Å². The molecule has 4 nitrogen and oxygen atoms in total. The summed E-state index contributed by atoms with van der Waals surface area (Å²) in [4.78, 5) is 4.34. The summed E-state index contributed by atoms with van der Waals surface area (Å²) in [5.74, 6) is -0.516. The molecule has 3 aromatic carbocycles. The van der Waals surface area contributed by atoms with Crippen molar-refractivity contribution in [3.05, 3.63) is 93.8 Å². The van der Waals surface area contributed by atoms with Gasteiger partial charge in [-0.05, 0) is 35.9 Å². The van der Waals surface area contributed by atoms with Crippen molar-refractivity contribution in [3.8, 4) is 6.07 Å². The zero-order valence-corrected chi connectivity index (χ0v) is 17.1. The first-order chi connectivity index (χ1) is 14.5. The lowest BCUT2D eigenvalue weighted by molar-refractivity contribution is 0.628. The number of hydrogen-bond acceptors (Lipinski definition) is 4. The maximum absolute atomic E-state index is 13.5. The highest BCUT2D eigenvalue weighted by Crippen LogP contribution is 2.35. The van der Waals surface area contributed by atoms with Crippen molar-refractivity contribution < 1.29 is 4.39 Å². The Morgan fingerprint density at radius 3 is 2.47 bits per heavy atom. The second kappa shape index (κ2) is 8.58. The molecule has 0 aliphatic carbocycles. The van der Waals surface area contributed by atoms with Gasteiger partial charge in [0.05, 0.1) is 26.8 Å². The maximum atomic E-state index is 13.5. The third kappa shape index (κ3) is 4.16. The van der Waals surface area contributed by atoms with Crippen molar-refractivity contribution in [1.82, 2.24) is 4.98 Å². The van der Waals surface area contributed by atoms with Crippen LogP contribution in [0, 0.1) is 17.1 Å². The van der Waals surface area contributed by atoms with Crippen LogP contribution in [-0.2, 0) is 6.54 Å². The summed E-state index contributed by atoms with van der Waals surface area (Å²) in [5, 5.41) is 17.2. The van der Waals surface area contributed by atoms with Crippen LogP contribution in [0.2, 0.25) is 10.0 Å². The zero-order chi connectivity index (χ0) is 21.1. The maximum Gasteiger partial charge on any atom is 0.141 e. The number of hydrogen-bond donors (Lipinski definition) is 2. The van der Waals surface area contributed by atoms with Crippen molar-refractivity contribution in [2.24, 2.45) is 0 Å². The van der Waals surface area contributed by atoms with Crippen LogP contribution in [0.15, 0.2) is 66.9 Å². The van der Waals surface area contributed by atoms with Crippen LogP contribution < -0.4 is 10.6 Å². The summed E-state index contributed by atoms with van der Waals surface area (Å²) >= 11 is 12.4. The molecule has 7 heteroatoms. The third-order valence-electron chi connectivity index (χ3n) is 4.57. The fourth-order valence-electron chi connectivity index (χ4n) is 3.10. The average Bonchev–Trinajstić information content (AvgIpc) is 2.76.